The fourth-order valence-corrected chi connectivity index (χ4v) is 2.91. The minimum atomic E-state index is -4.57. The molecule has 0 aliphatic carbocycles. The fourth-order valence-electron chi connectivity index (χ4n) is 2.28. The molecular weight excluding hydrogens is 357 g/mol. The molecule has 0 amide bonds. The maximum Gasteiger partial charge on any atom is 0.408 e. The normalized spacial score (nSPS) is 12.2. The molecule has 1 aromatic heterocycles. The number of hydrogen-bond acceptors (Lipinski definition) is 4. The van der Waals surface area contributed by atoms with Crippen molar-refractivity contribution in [2.75, 3.05) is 6.26 Å². The van der Waals surface area contributed by atoms with Crippen molar-refractivity contribution in [3.8, 4) is 11.1 Å². The van der Waals surface area contributed by atoms with E-state index in [1.165, 1.54) is 36.5 Å². The van der Waals surface area contributed by atoms with Crippen LogP contribution >= 0.6 is 0 Å². The van der Waals surface area contributed by atoms with Crippen molar-refractivity contribution in [1.29, 1.82) is 0 Å². The molecule has 0 N–H and O–H groups in total. The molecule has 9 heteroatoms. The number of aromatic nitrogens is 2. The van der Waals surface area contributed by atoms with Crippen LogP contribution in [0.4, 0.5) is 13.2 Å². The van der Waals surface area contributed by atoms with Crippen LogP contribution in [-0.2, 0) is 22.8 Å². The van der Waals surface area contributed by atoms with Crippen LogP contribution in [-0.4, -0.2) is 30.6 Å². The first-order chi connectivity index (χ1) is 11.5. The van der Waals surface area contributed by atoms with Crippen molar-refractivity contribution in [3.63, 3.8) is 0 Å². The highest BCUT2D eigenvalue weighted by Crippen LogP contribution is 2.24. The molecule has 0 radical (unpaired) electrons. The van der Waals surface area contributed by atoms with E-state index in [-0.39, 0.29) is 16.9 Å². The smallest absolute Gasteiger partial charge is 0.267 e. The van der Waals surface area contributed by atoms with Crippen molar-refractivity contribution in [2.24, 2.45) is 0 Å². The van der Waals surface area contributed by atoms with E-state index in [9.17, 15) is 26.4 Å². The summed E-state index contributed by atoms with van der Waals surface area (Å²) < 4.78 is 61.0. The van der Waals surface area contributed by atoms with Crippen LogP contribution in [0.1, 0.15) is 5.56 Å². The lowest BCUT2D eigenvalue weighted by Crippen LogP contribution is -2.32. The zero-order chi connectivity index (χ0) is 18.8. The van der Waals surface area contributed by atoms with Gasteiger partial charge < -0.3 is 0 Å². The number of halogens is 3. The van der Waals surface area contributed by atoms with Gasteiger partial charge >= 0.3 is 6.18 Å². The third-order valence-corrected chi connectivity index (χ3v) is 4.54. The van der Waals surface area contributed by atoms with E-state index in [0.29, 0.717) is 15.8 Å². The molecule has 0 bridgehead atoms. The molecule has 2 rings (SSSR count). The second-order valence-electron chi connectivity index (χ2n) is 5.40. The van der Waals surface area contributed by atoms with E-state index < -0.39 is 28.1 Å². The Hall–Kier alpha value is -2.42. The molecule has 2 aromatic rings. The summed E-state index contributed by atoms with van der Waals surface area (Å²) >= 11 is 0. The van der Waals surface area contributed by atoms with Gasteiger partial charge in [-0.05, 0) is 24.1 Å². The summed E-state index contributed by atoms with van der Waals surface area (Å²) in [6.07, 6.45) is -0.876. The van der Waals surface area contributed by atoms with E-state index >= 15 is 0 Å². The largest absolute Gasteiger partial charge is 0.408 e. The summed E-state index contributed by atoms with van der Waals surface area (Å²) in [5.74, 6) is 0. The predicted octanol–water partition coefficient (Wildman–Crippen LogP) is 2.60. The Bertz CT molecular complexity index is 946. The predicted molar refractivity (Wildman–Crippen MR) is 87.0 cm³/mol. The number of nitrogens with zero attached hydrogens (tertiary/aromatic N) is 2. The number of sulfone groups is 1. The van der Waals surface area contributed by atoms with Crippen LogP contribution in [0.3, 0.4) is 0 Å². The van der Waals surface area contributed by atoms with Gasteiger partial charge in [0.1, 0.15) is 6.54 Å². The van der Waals surface area contributed by atoms with Crippen LogP contribution in [0.25, 0.3) is 11.1 Å². The summed E-state index contributed by atoms with van der Waals surface area (Å²) in [6.45, 7) is 2.03. The maximum atomic E-state index is 12.5. The molecule has 5 nitrogen and oxygen atoms in total. The first-order valence-corrected chi connectivity index (χ1v) is 8.99. The van der Waals surface area contributed by atoms with Crippen LogP contribution < -0.4 is 5.56 Å². The lowest BCUT2D eigenvalue weighted by Gasteiger charge is -2.13. The fraction of sp³-hybridized carbons (Fsp3) is 0.250. The summed E-state index contributed by atoms with van der Waals surface area (Å²) in [5.41, 5.74) is 0.0691. The molecule has 0 atom stereocenters. The van der Waals surface area contributed by atoms with Gasteiger partial charge in [0, 0.05) is 17.4 Å². The minimum absolute atomic E-state index is 0.0579. The number of hydrogen-bond donors (Lipinski definition) is 0. The lowest BCUT2D eigenvalue weighted by atomic mass is 10.0. The average Bonchev–Trinajstić information content (AvgIpc) is 2.50. The Labute approximate surface area is 142 Å². The van der Waals surface area contributed by atoms with E-state index in [2.05, 4.69) is 11.7 Å². The van der Waals surface area contributed by atoms with Crippen molar-refractivity contribution < 1.29 is 21.6 Å². The zero-order valence-corrected chi connectivity index (χ0v) is 14.1. The molecule has 0 spiro atoms. The molecule has 134 valence electrons. The Morgan fingerprint density at radius 1 is 1.24 bits per heavy atom. The van der Waals surface area contributed by atoms with Gasteiger partial charge in [-0.3, -0.25) is 4.79 Å². The van der Waals surface area contributed by atoms with Crippen molar-refractivity contribution in [1.82, 2.24) is 9.78 Å². The van der Waals surface area contributed by atoms with Crippen molar-refractivity contribution in [3.05, 3.63) is 59.0 Å². The quantitative estimate of drug-likeness (QED) is 0.757. The SMILES string of the molecule is C=CCc1c(-c2ccc(S(C)(=O)=O)cc2)cnn(CC(F)(F)F)c1=O. The van der Waals surface area contributed by atoms with Gasteiger partial charge in [0.25, 0.3) is 5.56 Å². The first kappa shape index (κ1) is 18.9. The number of benzene rings is 1. The van der Waals surface area contributed by atoms with Gasteiger partial charge in [-0.1, -0.05) is 18.2 Å². The second kappa shape index (κ2) is 6.83. The van der Waals surface area contributed by atoms with E-state index in [0.717, 1.165) is 6.26 Å². The number of allylic oxidation sites excluding steroid dienone is 1. The van der Waals surface area contributed by atoms with Gasteiger partial charge in [-0.25, -0.2) is 13.1 Å². The molecule has 0 fully saturated rings. The van der Waals surface area contributed by atoms with E-state index in [1.807, 2.05) is 0 Å². The number of rotatable bonds is 5. The number of alkyl halides is 3. The van der Waals surface area contributed by atoms with Gasteiger partial charge in [0.15, 0.2) is 9.84 Å². The maximum absolute atomic E-state index is 12.5. The highest BCUT2D eigenvalue weighted by Gasteiger charge is 2.29. The van der Waals surface area contributed by atoms with Crippen molar-refractivity contribution in [2.45, 2.75) is 24.0 Å². The molecule has 0 unspecified atom stereocenters. The van der Waals surface area contributed by atoms with Crippen LogP contribution in [0.15, 0.2) is 52.8 Å². The lowest BCUT2D eigenvalue weighted by molar-refractivity contribution is -0.143. The highest BCUT2D eigenvalue weighted by molar-refractivity contribution is 7.90. The van der Waals surface area contributed by atoms with Crippen molar-refractivity contribution >= 4 is 9.84 Å². The van der Waals surface area contributed by atoms with Crippen LogP contribution in [0.5, 0.6) is 0 Å². The Kier molecular flexibility index (Phi) is 5.17. The van der Waals surface area contributed by atoms with Gasteiger partial charge in [0.2, 0.25) is 0 Å². The summed E-state index contributed by atoms with van der Waals surface area (Å²) in [7, 11) is -3.38. The monoisotopic (exact) mass is 372 g/mol. The minimum Gasteiger partial charge on any atom is -0.267 e. The second-order valence-corrected chi connectivity index (χ2v) is 7.42. The molecular formula is C16H15F3N2O3S. The van der Waals surface area contributed by atoms with Crippen LogP contribution in [0, 0.1) is 0 Å². The highest BCUT2D eigenvalue weighted by atomic mass is 32.2. The van der Waals surface area contributed by atoms with E-state index in [1.54, 1.807) is 0 Å². The van der Waals surface area contributed by atoms with Gasteiger partial charge in [-0.15, -0.1) is 6.58 Å². The van der Waals surface area contributed by atoms with Crippen LogP contribution in [0.2, 0.25) is 0 Å². The van der Waals surface area contributed by atoms with Gasteiger partial charge in [0.05, 0.1) is 11.1 Å². The zero-order valence-electron chi connectivity index (χ0n) is 13.2. The first-order valence-electron chi connectivity index (χ1n) is 7.10. The molecule has 1 heterocycles. The summed E-state index contributed by atoms with van der Waals surface area (Å²) in [4.78, 5) is 12.4. The molecule has 0 saturated heterocycles. The molecule has 25 heavy (non-hydrogen) atoms. The molecule has 1 aromatic carbocycles. The Morgan fingerprint density at radius 2 is 1.84 bits per heavy atom. The Morgan fingerprint density at radius 3 is 2.32 bits per heavy atom. The molecule has 0 saturated carbocycles. The molecule has 0 aliphatic heterocycles. The van der Waals surface area contributed by atoms with E-state index in [4.69, 9.17) is 0 Å². The summed E-state index contributed by atoms with van der Waals surface area (Å²) in [6, 6.07) is 5.69. The third kappa shape index (κ3) is 4.56. The van der Waals surface area contributed by atoms with Gasteiger partial charge in [-0.2, -0.15) is 18.3 Å². The third-order valence-electron chi connectivity index (χ3n) is 3.41. The molecule has 0 aliphatic rings. The standard InChI is InChI=1S/C16H15F3N2O3S/c1-3-4-13-14(9-20-21(15(13)22)10-16(17,18)19)11-5-7-12(8-6-11)25(2,23)24/h3,5-9H,1,4,10H2,2H3. The summed E-state index contributed by atoms with van der Waals surface area (Å²) in [5, 5.41) is 3.59. The average molecular weight is 372 g/mol. The topological polar surface area (TPSA) is 69.0 Å². The Balaban J connectivity index is 2.56.